The molecule has 0 radical (unpaired) electrons. The van der Waals surface area contributed by atoms with Crippen molar-refractivity contribution in [3.63, 3.8) is 0 Å². The first-order chi connectivity index (χ1) is 14.3. The summed E-state index contributed by atoms with van der Waals surface area (Å²) in [5.41, 5.74) is 8.13. The van der Waals surface area contributed by atoms with E-state index in [4.69, 9.17) is 5.73 Å². The largest absolute Gasteiger partial charge is 0.370 e. The fourth-order valence-electron chi connectivity index (χ4n) is 3.99. The van der Waals surface area contributed by atoms with Gasteiger partial charge in [-0.05, 0) is 19.3 Å². The van der Waals surface area contributed by atoms with Gasteiger partial charge < -0.3 is 26.6 Å². The van der Waals surface area contributed by atoms with Crippen LogP contribution < -0.4 is 27.1 Å². The van der Waals surface area contributed by atoms with Crippen molar-refractivity contribution < 1.29 is 24.0 Å². The minimum Gasteiger partial charge on any atom is -0.370 e. The molecule has 0 aromatic carbocycles. The molecule has 3 aliphatic heterocycles. The summed E-state index contributed by atoms with van der Waals surface area (Å²) >= 11 is 0. The molecular weight excluding hydrogens is 394 g/mol. The summed E-state index contributed by atoms with van der Waals surface area (Å²) in [6.45, 7) is 3.21. The Balaban J connectivity index is 1.64. The molecule has 0 bridgehead atoms. The molecule has 12 heteroatoms. The number of amides is 5. The van der Waals surface area contributed by atoms with Crippen LogP contribution in [0, 0.1) is 0 Å². The van der Waals surface area contributed by atoms with Crippen molar-refractivity contribution in [2.75, 3.05) is 32.7 Å². The lowest BCUT2D eigenvalue weighted by molar-refractivity contribution is -0.144. The van der Waals surface area contributed by atoms with E-state index in [1.54, 1.807) is 0 Å². The summed E-state index contributed by atoms with van der Waals surface area (Å²) in [7, 11) is 0. The molecule has 3 atom stereocenters. The first-order valence-electron chi connectivity index (χ1n) is 10.3. The smallest absolute Gasteiger partial charge is 0.257 e. The second-order valence-electron chi connectivity index (χ2n) is 7.79. The van der Waals surface area contributed by atoms with Crippen molar-refractivity contribution in [3.8, 4) is 0 Å². The van der Waals surface area contributed by atoms with Crippen molar-refractivity contribution in [2.24, 2.45) is 5.73 Å². The molecule has 3 saturated heterocycles. The summed E-state index contributed by atoms with van der Waals surface area (Å²) in [6.07, 6.45) is 1.31. The van der Waals surface area contributed by atoms with Crippen LogP contribution in [0.25, 0.3) is 0 Å². The number of likely N-dealkylation sites (tertiary alicyclic amines) is 1. The van der Waals surface area contributed by atoms with E-state index in [-0.39, 0.29) is 24.7 Å². The Kier molecular flexibility index (Phi) is 7.21. The quantitative estimate of drug-likeness (QED) is 0.284. The van der Waals surface area contributed by atoms with Crippen LogP contribution in [0.3, 0.4) is 0 Å². The fraction of sp³-hybridized carbons (Fsp3) is 0.722. The summed E-state index contributed by atoms with van der Waals surface area (Å²) in [4.78, 5) is 62.6. The lowest BCUT2D eigenvalue weighted by Gasteiger charge is -2.32. The molecule has 3 aliphatic rings. The summed E-state index contributed by atoms with van der Waals surface area (Å²) in [5.74, 6) is -2.33. The first kappa shape index (κ1) is 22.0. The maximum atomic E-state index is 13.1. The molecule has 3 heterocycles. The third-order valence-corrected chi connectivity index (χ3v) is 5.56. The minimum atomic E-state index is -1.18. The average molecular weight is 423 g/mol. The maximum Gasteiger partial charge on any atom is 0.257 e. The van der Waals surface area contributed by atoms with Crippen molar-refractivity contribution in [1.82, 2.24) is 31.3 Å². The number of carbonyl (C=O) groups is 5. The molecule has 3 unspecified atom stereocenters. The van der Waals surface area contributed by atoms with Crippen molar-refractivity contribution in [3.05, 3.63) is 0 Å². The van der Waals surface area contributed by atoms with E-state index >= 15 is 0 Å². The molecule has 0 saturated carbocycles. The highest BCUT2D eigenvalue weighted by Gasteiger charge is 2.39. The number of hydrogen-bond acceptors (Lipinski definition) is 7. The molecule has 6 N–H and O–H groups in total. The number of carbonyl (C=O) groups excluding carboxylic acids is 5. The van der Waals surface area contributed by atoms with Gasteiger partial charge in [0.2, 0.25) is 23.6 Å². The fourth-order valence-corrected chi connectivity index (χ4v) is 3.99. The summed E-state index contributed by atoms with van der Waals surface area (Å²) in [6, 6.07) is -2.60. The van der Waals surface area contributed by atoms with Crippen LogP contribution in [-0.4, -0.2) is 90.3 Å². The zero-order valence-corrected chi connectivity index (χ0v) is 16.8. The number of piperazine rings is 1. The van der Waals surface area contributed by atoms with Gasteiger partial charge in [-0.15, -0.1) is 0 Å². The topological polar surface area (TPSA) is 166 Å². The highest BCUT2D eigenvalue weighted by Crippen LogP contribution is 2.20. The molecule has 3 fully saturated rings. The average Bonchev–Trinajstić information content (AvgIpc) is 3.36. The predicted octanol–water partition coefficient (Wildman–Crippen LogP) is -3.45. The van der Waals surface area contributed by atoms with Crippen LogP contribution in [0.5, 0.6) is 0 Å². The standard InChI is InChI=1S/C18H29N7O5/c19-14(26)10-12(22-16(28)11-3-4-15(27)21-11)18(30)25-7-1-2-13(25)17(29)23-24-8-5-20-6-9-24/h11-13,20H,1-10H2,(H2,19,26)(H,21,27)(H,22,28)(H,23,29). The lowest BCUT2D eigenvalue weighted by atomic mass is 10.1. The van der Waals surface area contributed by atoms with Gasteiger partial charge in [0.25, 0.3) is 5.91 Å². The van der Waals surface area contributed by atoms with E-state index in [2.05, 4.69) is 21.4 Å². The van der Waals surface area contributed by atoms with Gasteiger partial charge in [-0.3, -0.25) is 29.4 Å². The van der Waals surface area contributed by atoms with Crippen LogP contribution in [0.15, 0.2) is 0 Å². The molecular formula is C18H29N7O5. The third-order valence-electron chi connectivity index (χ3n) is 5.56. The SMILES string of the molecule is NC(=O)CC(NC(=O)C1CCC(=O)N1)C(=O)N1CCCC1C(=O)NN1CCNCC1. The predicted molar refractivity (Wildman–Crippen MR) is 104 cm³/mol. The molecule has 3 rings (SSSR count). The number of nitrogens with one attached hydrogen (secondary N) is 4. The molecule has 166 valence electrons. The number of nitrogens with two attached hydrogens (primary N) is 1. The number of hydrogen-bond donors (Lipinski definition) is 5. The van der Waals surface area contributed by atoms with E-state index in [0.29, 0.717) is 38.9 Å². The van der Waals surface area contributed by atoms with Gasteiger partial charge in [0, 0.05) is 39.1 Å². The Bertz CT molecular complexity index is 709. The van der Waals surface area contributed by atoms with Gasteiger partial charge in [-0.25, -0.2) is 5.01 Å². The van der Waals surface area contributed by atoms with Gasteiger partial charge in [-0.2, -0.15) is 0 Å². The van der Waals surface area contributed by atoms with E-state index < -0.39 is 35.8 Å². The zero-order valence-electron chi connectivity index (χ0n) is 16.8. The van der Waals surface area contributed by atoms with Gasteiger partial charge >= 0.3 is 0 Å². The maximum absolute atomic E-state index is 13.1. The van der Waals surface area contributed by atoms with Crippen molar-refractivity contribution in [1.29, 1.82) is 0 Å². The van der Waals surface area contributed by atoms with E-state index in [9.17, 15) is 24.0 Å². The third kappa shape index (κ3) is 5.45. The second kappa shape index (κ2) is 9.85. The molecule has 5 amide bonds. The Labute approximate surface area is 174 Å². The van der Waals surface area contributed by atoms with Gasteiger partial charge in [0.15, 0.2) is 0 Å². The summed E-state index contributed by atoms with van der Waals surface area (Å²) in [5, 5.41) is 10.1. The lowest BCUT2D eigenvalue weighted by Crippen LogP contribution is -2.59. The van der Waals surface area contributed by atoms with E-state index in [1.165, 1.54) is 4.90 Å². The van der Waals surface area contributed by atoms with E-state index in [1.807, 2.05) is 5.01 Å². The van der Waals surface area contributed by atoms with Crippen molar-refractivity contribution >= 4 is 29.5 Å². The minimum absolute atomic E-state index is 0.229. The number of primary amides is 1. The van der Waals surface area contributed by atoms with Crippen LogP contribution in [0.4, 0.5) is 0 Å². The Morgan fingerprint density at radius 1 is 1.10 bits per heavy atom. The molecule has 0 aromatic heterocycles. The van der Waals surface area contributed by atoms with Gasteiger partial charge in [0.05, 0.1) is 6.42 Å². The van der Waals surface area contributed by atoms with Crippen LogP contribution >= 0.6 is 0 Å². The van der Waals surface area contributed by atoms with Crippen molar-refractivity contribution in [2.45, 2.75) is 50.2 Å². The van der Waals surface area contributed by atoms with Gasteiger partial charge in [0.1, 0.15) is 18.1 Å². The van der Waals surface area contributed by atoms with E-state index in [0.717, 1.165) is 13.1 Å². The number of nitrogens with zero attached hydrogens (tertiary/aromatic N) is 2. The Morgan fingerprint density at radius 2 is 1.83 bits per heavy atom. The molecule has 12 nitrogen and oxygen atoms in total. The summed E-state index contributed by atoms with van der Waals surface area (Å²) < 4.78 is 0. The Hall–Kier alpha value is -2.73. The van der Waals surface area contributed by atoms with Crippen LogP contribution in [0.1, 0.15) is 32.1 Å². The number of rotatable bonds is 7. The monoisotopic (exact) mass is 423 g/mol. The van der Waals surface area contributed by atoms with Gasteiger partial charge in [-0.1, -0.05) is 0 Å². The molecule has 0 aromatic rings. The second-order valence-corrected chi connectivity index (χ2v) is 7.79. The highest BCUT2D eigenvalue weighted by atomic mass is 16.2. The Morgan fingerprint density at radius 3 is 2.47 bits per heavy atom. The van der Waals surface area contributed by atoms with Crippen LogP contribution in [-0.2, 0) is 24.0 Å². The zero-order chi connectivity index (χ0) is 21.7. The molecule has 0 spiro atoms. The molecule has 30 heavy (non-hydrogen) atoms. The first-order valence-corrected chi connectivity index (χ1v) is 10.3. The number of hydrazine groups is 1. The van der Waals surface area contributed by atoms with Crippen LogP contribution in [0.2, 0.25) is 0 Å². The molecule has 0 aliphatic carbocycles. The normalized spacial score (nSPS) is 25.5. The highest BCUT2D eigenvalue weighted by molar-refractivity contribution is 5.97.